The monoisotopic (exact) mass is 409 g/mol. The fourth-order valence-corrected chi connectivity index (χ4v) is 3.04. The van der Waals surface area contributed by atoms with Gasteiger partial charge in [0.05, 0.1) is 6.42 Å². The van der Waals surface area contributed by atoms with E-state index < -0.39 is 29.9 Å². The maximum atomic E-state index is 13.4. The highest BCUT2D eigenvalue weighted by atomic mass is 35.5. The number of imidazole rings is 1. The summed E-state index contributed by atoms with van der Waals surface area (Å²) in [4.78, 5) is 15.5. The summed E-state index contributed by atoms with van der Waals surface area (Å²) in [5.74, 6) is -1.61. The van der Waals surface area contributed by atoms with Crippen LogP contribution in [-0.2, 0) is 23.9 Å². The Kier molecular flexibility index (Phi) is 6.21. The zero-order valence-corrected chi connectivity index (χ0v) is 15.2. The Bertz CT molecular complexity index is 775. The molecule has 0 aliphatic carbocycles. The number of rotatable bonds is 6. The normalized spacial score (nSPS) is 14.1. The molecule has 0 spiro atoms. The van der Waals surface area contributed by atoms with Crippen LogP contribution >= 0.6 is 23.2 Å². The molecule has 1 atom stereocenters. The molecule has 1 unspecified atom stereocenters. The van der Waals surface area contributed by atoms with Crippen LogP contribution in [0, 0.1) is 0 Å². The molecule has 2 rings (SSSR count). The first-order valence-corrected chi connectivity index (χ1v) is 8.27. The predicted octanol–water partition coefficient (Wildman–Crippen LogP) is 3.23. The maximum absolute atomic E-state index is 13.4. The number of carbonyl (C=O) groups excluding carboxylic acids is 1. The van der Waals surface area contributed by atoms with Gasteiger partial charge in [-0.3, -0.25) is 4.79 Å². The van der Waals surface area contributed by atoms with Crippen LogP contribution < -0.4 is 5.32 Å². The molecule has 26 heavy (non-hydrogen) atoms. The first kappa shape index (κ1) is 20.5. The molecule has 5 nitrogen and oxygen atoms in total. The summed E-state index contributed by atoms with van der Waals surface area (Å²) in [6.07, 6.45) is -3.57. The molecule has 142 valence electrons. The lowest BCUT2D eigenvalue weighted by atomic mass is 9.97. The number of nitrogens with one attached hydrogen (secondary N) is 1. The Morgan fingerprint density at radius 2 is 1.88 bits per heavy atom. The van der Waals surface area contributed by atoms with Crippen LogP contribution in [0.3, 0.4) is 0 Å². The highest BCUT2D eigenvalue weighted by Crippen LogP contribution is 2.40. The van der Waals surface area contributed by atoms with E-state index in [0.717, 1.165) is 16.3 Å². The average Bonchev–Trinajstić information content (AvgIpc) is 2.91. The van der Waals surface area contributed by atoms with E-state index in [1.165, 1.54) is 13.2 Å². The Morgan fingerprint density at radius 3 is 2.38 bits per heavy atom. The van der Waals surface area contributed by atoms with Crippen molar-refractivity contribution < 1.29 is 23.1 Å². The summed E-state index contributed by atoms with van der Waals surface area (Å²) < 4.78 is 41.1. The van der Waals surface area contributed by atoms with Gasteiger partial charge in [-0.1, -0.05) is 23.2 Å². The number of halogens is 5. The van der Waals surface area contributed by atoms with Gasteiger partial charge in [0.15, 0.2) is 5.82 Å². The van der Waals surface area contributed by atoms with E-state index >= 15 is 0 Å². The molecule has 0 saturated heterocycles. The van der Waals surface area contributed by atoms with Crippen molar-refractivity contribution in [1.29, 1.82) is 0 Å². The Hall–Kier alpha value is -1.77. The molecular formula is C16H16Cl2F3N3O2. The first-order chi connectivity index (χ1) is 12.0. The van der Waals surface area contributed by atoms with Gasteiger partial charge in [0.25, 0.3) is 0 Å². The summed E-state index contributed by atoms with van der Waals surface area (Å²) in [5, 5.41) is 13.3. The van der Waals surface area contributed by atoms with Gasteiger partial charge in [0, 0.05) is 36.0 Å². The highest BCUT2D eigenvalue weighted by molar-refractivity contribution is 6.34. The lowest BCUT2D eigenvalue weighted by molar-refractivity contribution is -0.271. The van der Waals surface area contributed by atoms with Crippen molar-refractivity contribution in [2.45, 2.75) is 24.6 Å². The third-order valence-electron chi connectivity index (χ3n) is 3.73. The Labute approximate surface area is 157 Å². The van der Waals surface area contributed by atoms with E-state index in [2.05, 4.69) is 10.3 Å². The molecule has 0 aliphatic heterocycles. The lowest BCUT2D eigenvalue weighted by Crippen LogP contribution is -2.48. The smallest absolute Gasteiger partial charge is 0.374 e. The Morgan fingerprint density at radius 1 is 1.27 bits per heavy atom. The van der Waals surface area contributed by atoms with Gasteiger partial charge in [-0.25, -0.2) is 4.98 Å². The minimum atomic E-state index is -5.07. The number of hydrogen-bond donors (Lipinski definition) is 2. The number of carbonyl (C=O) groups is 1. The van der Waals surface area contributed by atoms with E-state index in [0.29, 0.717) is 16.5 Å². The molecule has 1 aromatic heterocycles. The minimum absolute atomic E-state index is 0.0595. The van der Waals surface area contributed by atoms with Gasteiger partial charge in [0.2, 0.25) is 11.5 Å². The van der Waals surface area contributed by atoms with Crippen molar-refractivity contribution in [2.24, 2.45) is 7.05 Å². The van der Waals surface area contributed by atoms with Crippen LogP contribution in [-0.4, -0.2) is 33.3 Å². The molecule has 2 N–H and O–H groups in total. The third-order valence-corrected chi connectivity index (χ3v) is 4.17. The van der Waals surface area contributed by atoms with Crippen LogP contribution in [0.25, 0.3) is 0 Å². The lowest BCUT2D eigenvalue weighted by Gasteiger charge is -2.29. The quantitative estimate of drug-likeness (QED) is 0.769. The van der Waals surface area contributed by atoms with Gasteiger partial charge in [-0.05, 0) is 30.2 Å². The first-order valence-electron chi connectivity index (χ1n) is 7.51. The molecule has 0 saturated carbocycles. The van der Waals surface area contributed by atoms with Crippen LogP contribution in [0.15, 0.2) is 30.6 Å². The molecule has 0 aliphatic rings. The van der Waals surface area contributed by atoms with Gasteiger partial charge < -0.3 is 15.0 Å². The molecule has 2 aromatic rings. The van der Waals surface area contributed by atoms with Crippen molar-refractivity contribution in [1.82, 2.24) is 14.9 Å². The van der Waals surface area contributed by atoms with E-state index in [9.17, 15) is 23.1 Å². The summed E-state index contributed by atoms with van der Waals surface area (Å²) in [5.41, 5.74) is -2.66. The van der Waals surface area contributed by atoms with E-state index in [4.69, 9.17) is 23.2 Å². The van der Waals surface area contributed by atoms with Gasteiger partial charge in [0.1, 0.15) is 0 Å². The van der Waals surface area contributed by atoms with E-state index in [1.807, 2.05) is 0 Å². The number of nitrogens with zero attached hydrogens (tertiary/aromatic N) is 2. The molecule has 0 bridgehead atoms. The molecule has 1 heterocycles. The number of alkyl halides is 3. The number of aromatic nitrogens is 2. The van der Waals surface area contributed by atoms with Gasteiger partial charge >= 0.3 is 6.18 Å². The minimum Gasteiger partial charge on any atom is -0.374 e. The Balaban J connectivity index is 2.03. The number of hydrogen-bond acceptors (Lipinski definition) is 3. The third kappa shape index (κ3) is 4.69. The summed E-state index contributed by atoms with van der Waals surface area (Å²) in [7, 11) is 1.31. The van der Waals surface area contributed by atoms with Crippen molar-refractivity contribution in [3.8, 4) is 0 Å². The summed E-state index contributed by atoms with van der Waals surface area (Å²) in [6.45, 7) is 0.0595. The van der Waals surface area contributed by atoms with Crippen LogP contribution in [0.1, 0.15) is 17.8 Å². The molecule has 1 amide bonds. The van der Waals surface area contributed by atoms with Crippen molar-refractivity contribution >= 4 is 29.1 Å². The van der Waals surface area contributed by atoms with Crippen LogP contribution in [0.4, 0.5) is 13.2 Å². The number of aryl methyl sites for hydroxylation is 1. The second-order valence-electron chi connectivity index (χ2n) is 5.77. The van der Waals surface area contributed by atoms with E-state index in [-0.39, 0.29) is 6.54 Å². The zero-order valence-electron chi connectivity index (χ0n) is 13.6. The van der Waals surface area contributed by atoms with Crippen molar-refractivity contribution in [2.75, 3.05) is 6.54 Å². The SMILES string of the molecule is Cn1ccnc1C(O)(CC(=O)NCCc1cc(Cl)cc(Cl)c1)C(F)(F)F. The van der Waals surface area contributed by atoms with Crippen molar-refractivity contribution in [3.63, 3.8) is 0 Å². The number of aliphatic hydroxyl groups is 1. The largest absolute Gasteiger partial charge is 0.425 e. The topological polar surface area (TPSA) is 67.1 Å². The van der Waals surface area contributed by atoms with Crippen LogP contribution in [0.5, 0.6) is 0 Å². The molecular weight excluding hydrogens is 394 g/mol. The number of amides is 1. The predicted molar refractivity (Wildman–Crippen MR) is 91.0 cm³/mol. The molecule has 1 aromatic carbocycles. The number of benzene rings is 1. The average molecular weight is 410 g/mol. The van der Waals surface area contributed by atoms with Crippen LogP contribution in [0.2, 0.25) is 10.0 Å². The molecule has 0 radical (unpaired) electrons. The second-order valence-corrected chi connectivity index (χ2v) is 6.65. The standard InChI is InChI=1S/C16H16Cl2F3N3O2/c1-24-5-4-23-14(24)15(26,16(19,20)21)9-13(25)22-3-2-10-6-11(17)8-12(18)7-10/h4-8,26H,2-3,9H2,1H3,(H,22,25). The van der Waals surface area contributed by atoms with E-state index in [1.54, 1.807) is 18.2 Å². The molecule has 10 heteroatoms. The van der Waals surface area contributed by atoms with Gasteiger partial charge in [-0.2, -0.15) is 13.2 Å². The molecule has 0 fully saturated rings. The fraction of sp³-hybridized carbons (Fsp3) is 0.375. The summed E-state index contributed by atoms with van der Waals surface area (Å²) in [6, 6.07) is 4.82. The maximum Gasteiger partial charge on any atom is 0.425 e. The zero-order chi connectivity index (χ0) is 19.5. The summed E-state index contributed by atoms with van der Waals surface area (Å²) >= 11 is 11.7. The highest BCUT2D eigenvalue weighted by Gasteiger charge is 2.58. The second kappa shape index (κ2) is 7.85. The van der Waals surface area contributed by atoms with Crippen molar-refractivity contribution in [3.05, 3.63) is 52.0 Å². The fourth-order valence-electron chi connectivity index (χ4n) is 2.47. The van der Waals surface area contributed by atoms with Gasteiger partial charge in [-0.15, -0.1) is 0 Å².